The van der Waals surface area contributed by atoms with Gasteiger partial charge in [-0.3, -0.25) is 9.67 Å². The maximum atomic E-state index is 12.8. The van der Waals surface area contributed by atoms with Crippen LogP contribution in [0.4, 0.5) is 13.2 Å². The van der Waals surface area contributed by atoms with E-state index in [0.29, 0.717) is 19.0 Å². The largest absolute Gasteiger partial charge is 0.491 e. The van der Waals surface area contributed by atoms with Crippen LogP contribution in [0.25, 0.3) is 0 Å². The van der Waals surface area contributed by atoms with Gasteiger partial charge in [0.1, 0.15) is 18.5 Å². The molecule has 1 atom stereocenters. The second kappa shape index (κ2) is 11.6. The van der Waals surface area contributed by atoms with Crippen LogP contribution in [0, 0.1) is 13.8 Å². The van der Waals surface area contributed by atoms with E-state index in [-0.39, 0.29) is 18.9 Å². The van der Waals surface area contributed by atoms with E-state index < -0.39 is 17.8 Å². The predicted octanol–water partition coefficient (Wildman–Crippen LogP) is 2.90. The minimum absolute atomic E-state index is 0.0474. The minimum atomic E-state index is -4.44. The number of hydrogen-bond donors (Lipinski definition) is 3. The molecular formula is C21H30F3N5O2. The number of ether oxygens (including phenoxy) is 1. The van der Waals surface area contributed by atoms with Crippen LogP contribution in [-0.4, -0.2) is 53.2 Å². The van der Waals surface area contributed by atoms with Crippen molar-refractivity contribution in [2.45, 2.75) is 46.0 Å². The Kier molecular flexibility index (Phi) is 9.17. The molecule has 1 unspecified atom stereocenters. The van der Waals surface area contributed by atoms with Crippen LogP contribution in [0.3, 0.4) is 0 Å². The molecule has 2 aromatic rings. The minimum Gasteiger partial charge on any atom is -0.491 e. The third-order valence-corrected chi connectivity index (χ3v) is 4.35. The predicted molar refractivity (Wildman–Crippen MR) is 113 cm³/mol. The molecule has 0 fully saturated rings. The van der Waals surface area contributed by atoms with Crippen molar-refractivity contribution >= 4 is 5.96 Å². The Balaban J connectivity index is 1.78. The van der Waals surface area contributed by atoms with Gasteiger partial charge in [-0.05, 0) is 51.5 Å². The van der Waals surface area contributed by atoms with Gasteiger partial charge in [0.15, 0.2) is 5.96 Å². The Morgan fingerprint density at radius 3 is 2.68 bits per heavy atom. The van der Waals surface area contributed by atoms with Crippen molar-refractivity contribution in [3.05, 3.63) is 47.3 Å². The summed E-state index contributed by atoms with van der Waals surface area (Å²) in [5.41, 5.74) is 1.31. The molecular weight excluding hydrogens is 411 g/mol. The highest BCUT2D eigenvalue weighted by molar-refractivity contribution is 5.79. The van der Waals surface area contributed by atoms with Crippen molar-refractivity contribution in [3.8, 4) is 5.75 Å². The molecule has 0 spiro atoms. The number of aromatic nitrogens is 2. The number of aliphatic imine (C=N–C) groups is 1. The number of rotatable bonds is 10. The lowest BCUT2D eigenvalue weighted by Crippen LogP contribution is -2.39. The second-order valence-electron chi connectivity index (χ2n) is 7.14. The zero-order chi connectivity index (χ0) is 22.9. The molecule has 0 radical (unpaired) electrons. The van der Waals surface area contributed by atoms with Gasteiger partial charge in [-0.1, -0.05) is 6.07 Å². The molecule has 1 heterocycles. The van der Waals surface area contributed by atoms with E-state index in [9.17, 15) is 18.3 Å². The Morgan fingerprint density at radius 2 is 2.03 bits per heavy atom. The van der Waals surface area contributed by atoms with Crippen molar-refractivity contribution in [2.24, 2.45) is 4.99 Å². The van der Waals surface area contributed by atoms with Crippen molar-refractivity contribution in [2.75, 3.05) is 26.2 Å². The van der Waals surface area contributed by atoms with E-state index >= 15 is 0 Å². The maximum Gasteiger partial charge on any atom is 0.416 e. The lowest BCUT2D eigenvalue weighted by atomic mass is 10.2. The molecule has 0 aliphatic rings. The molecule has 7 nitrogen and oxygen atoms in total. The molecule has 0 amide bonds. The van der Waals surface area contributed by atoms with Crippen LogP contribution < -0.4 is 15.4 Å². The van der Waals surface area contributed by atoms with E-state index in [1.54, 1.807) is 0 Å². The number of nitrogens with zero attached hydrogens (tertiary/aromatic N) is 3. The quantitative estimate of drug-likeness (QED) is 0.300. The van der Waals surface area contributed by atoms with E-state index in [0.717, 1.165) is 36.5 Å². The number of alkyl halides is 3. The molecule has 0 saturated heterocycles. The molecule has 1 aromatic heterocycles. The first-order valence-corrected chi connectivity index (χ1v) is 10.2. The van der Waals surface area contributed by atoms with Crippen LogP contribution in [0.15, 0.2) is 35.3 Å². The maximum absolute atomic E-state index is 12.8. The number of aliphatic hydroxyl groups excluding tert-OH is 1. The summed E-state index contributed by atoms with van der Waals surface area (Å²) in [5.74, 6) is 0.598. The summed E-state index contributed by atoms with van der Waals surface area (Å²) in [6, 6.07) is 6.59. The number of aliphatic hydroxyl groups is 1. The van der Waals surface area contributed by atoms with Crippen molar-refractivity contribution in [1.82, 2.24) is 20.4 Å². The smallest absolute Gasteiger partial charge is 0.416 e. The van der Waals surface area contributed by atoms with Gasteiger partial charge in [0, 0.05) is 25.3 Å². The summed E-state index contributed by atoms with van der Waals surface area (Å²) in [5, 5.41) is 20.8. The summed E-state index contributed by atoms with van der Waals surface area (Å²) in [6.07, 6.45) is -4.56. The van der Waals surface area contributed by atoms with Crippen LogP contribution >= 0.6 is 0 Å². The molecule has 31 heavy (non-hydrogen) atoms. The summed E-state index contributed by atoms with van der Waals surface area (Å²) in [7, 11) is 0. The van der Waals surface area contributed by atoms with Gasteiger partial charge < -0.3 is 20.5 Å². The summed E-state index contributed by atoms with van der Waals surface area (Å²) < 4.78 is 45.5. The fourth-order valence-electron chi connectivity index (χ4n) is 2.88. The molecule has 0 bridgehead atoms. The van der Waals surface area contributed by atoms with Crippen LogP contribution in [0.5, 0.6) is 5.75 Å². The number of hydrogen-bond acceptors (Lipinski definition) is 4. The fourth-order valence-corrected chi connectivity index (χ4v) is 2.88. The van der Waals surface area contributed by atoms with Crippen LogP contribution in [0.2, 0.25) is 0 Å². The van der Waals surface area contributed by atoms with Crippen molar-refractivity contribution < 1.29 is 23.0 Å². The second-order valence-corrected chi connectivity index (χ2v) is 7.14. The van der Waals surface area contributed by atoms with E-state index in [1.807, 2.05) is 31.5 Å². The Morgan fingerprint density at radius 1 is 1.26 bits per heavy atom. The standard InChI is InChI=1S/C21H30F3N5O2/c1-4-25-20(26-9-6-10-29-16(3)11-15(2)28-29)27-13-18(30)14-31-19-8-5-7-17(12-19)21(22,23)24/h5,7-8,11-12,18,30H,4,6,9-10,13-14H2,1-3H3,(H2,25,26,27). The van der Waals surface area contributed by atoms with Gasteiger partial charge in [-0.25, -0.2) is 0 Å². The first-order valence-electron chi connectivity index (χ1n) is 10.2. The van der Waals surface area contributed by atoms with E-state index in [2.05, 4.69) is 20.7 Å². The molecule has 2 rings (SSSR count). The van der Waals surface area contributed by atoms with Gasteiger partial charge in [0.05, 0.1) is 17.8 Å². The monoisotopic (exact) mass is 441 g/mol. The highest BCUT2D eigenvalue weighted by atomic mass is 19.4. The normalized spacial score (nSPS) is 13.2. The van der Waals surface area contributed by atoms with Gasteiger partial charge in [0.2, 0.25) is 0 Å². The Bertz CT molecular complexity index is 852. The van der Waals surface area contributed by atoms with Gasteiger partial charge in [-0.2, -0.15) is 18.3 Å². The third kappa shape index (κ3) is 8.49. The number of halogens is 3. The van der Waals surface area contributed by atoms with Gasteiger partial charge in [-0.15, -0.1) is 0 Å². The molecule has 3 N–H and O–H groups in total. The zero-order valence-electron chi connectivity index (χ0n) is 18.0. The Hall–Kier alpha value is -2.75. The average Bonchev–Trinajstić information content (AvgIpc) is 3.04. The number of nitrogens with one attached hydrogen (secondary N) is 2. The number of aryl methyl sites for hydroxylation is 3. The highest BCUT2D eigenvalue weighted by Crippen LogP contribution is 2.31. The average molecular weight is 441 g/mol. The van der Waals surface area contributed by atoms with Crippen LogP contribution in [0.1, 0.15) is 30.3 Å². The highest BCUT2D eigenvalue weighted by Gasteiger charge is 2.30. The third-order valence-electron chi connectivity index (χ3n) is 4.35. The lowest BCUT2D eigenvalue weighted by molar-refractivity contribution is -0.137. The van der Waals surface area contributed by atoms with Gasteiger partial charge >= 0.3 is 6.18 Å². The molecule has 1 aromatic carbocycles. The molecule has 0 saturated carbocycles. The zero-order valence-corrected chi connectivity index (χ0v) is 18.0. The SMILES string of the molecule is CCNC(=NCC(O)COc1cccc(C(F)(F)F)c1)NCCCn1nc(C)cc1C. The molecule has 10 heteroatoms. The summed E-state index contributed by atoms with van der Waals surface area (Å²) in [6.45, 7) is 7.89. The Labute approximate surface area is 180 Å². The van der Waals surface area contributed by atoms with E-state index in [1.165, 1.54) is 12.1 Å². The first-order chi connectivity index (χ1) is 14.7. The number of benzene rings is 1. The summed E-state index contributed by atoms with van der Waals surface area (Å²) in [4.78, 5) is 4.31. The molecule has 0 aliphatic heterocycles. The lowest BCUT2D eigenvalue weighted by Gasteiger charge is -2.14. The van der Waals surface area contributed by atoms with E-state index in [4.69, 9.17) is 4.74 Å². The first kappa shape index (κ1) is 24.5. The van der Waals surface area contributed by atoms with Gasteiger partial charge in [0.25, 0.3) is 0 Å². The van der Waals surface area contributed by atoms with Crippen molar-refractivity contribution in [3.63, 3.8) is 0 Å². The van der Waals surface area contributed by atoms with Crippen molar-refractivity contribution in [1.29, 1.82) is 0 Å². The molecule has 172 valence electrons. The topological polar surface area (TPSA) is 83.7 Å². The molecule has 0 aliphatic carbocycles. The summed E-state index contributed by atoms with van der Waals surface area (Å²) >= 11 is 0. The number of guanidine groups is 1. The fraction of sp³-hybridized carbons (Fsp3) is 0.524. The van der Waals surface area contributed by atoms with Crippen LogP contribution in [-0.2, 0) is 12.7 Å².